The van der Waals surface area contributed by atoms with E-state index in [0.29, 0.717) is 52.5 Å². The lowest BCUT2D eigenvalue weighted by atomic mass is 9.85. The van der Waals surface area contributed by atoms with Gasteiger partial charge in [0.25, 0.3) is 0 Å². The second-order valence-electron chi connectivity index (χ2n) is 10.9. The van der Waals surface area contributed by atoms with Crippen molar-refractivity contribution in [2.75, 3.05) is 31.0 Å². The van der Waals surface area contributed by atoms with Crippen LogP contribution in [0.25, 0.3) is 11.3 Å². The third kappa shape index (κ3) is 5.92. The zero-order chi connectivity index (χ0) is 28.5. The van der Waals surface area contributed by atoms with Gasteiger partial charge in [-0.3, -0.25) is 4.90 Å². The number of amides is 1. The summed E-state index contributed by atoms with van der Waals surface area (Å²) in [6, 6.07) is 11.3. The number of nitriles is 1. The summed E-state index contributed by atoms with van der Waals surface area (Å²) in [5, 5.41) is 13.8. The van der Waals surface area contributed by atoms with E-state index in [4.69, 9.17) is 30.8 Å². The number of benzene rings is 2. The van der Waals surface area contributed by atoms with Gasteiger partial charge in [-0.05, 0) is 56.7 Å². The fourth-order valence-electron chi connectivity index (χ4n) is 4.53. The van der Waals surface area contributed by atoms with E-state index in [1.54, 1.807) is 49.6 Å². The number of rotatable bonds is 6. The lowest BCUT2D eigenvalue weighted by molar-refractivity contribution is 0.0579. The number of fused-ring (bicyclic) bond motifs is 1. The minimum atomic E-state index is -0.655. The summed E-state index contributed by atoms with van der Waals surface area (Å²) in [6.07, 6.45) is 1.16. The molecule has 4 rings (SSSR count). The first-order chi connectivity index (χ1) is 18.4. The van der Waals surface area contributed by atoms with E-state index < -0.39 is 17.1 Å². The fourth-order valence-corrected chi connectivity index (χ4v) is 4.75. The van der Waals surface area contributed by atoms with E-state index in [0.717, 1.165) is 16.7 Å². The minimum Gasteiger partial charge on any atom is -0.495 e. The highest BCUT2D eigenvalue weighted by Gasteiger charge is 2.42. The number of aromatic nitrogens is 2. The molecular weight excluding hydrogens is 518 g/mol. The molecule has 0 saturated heterocycles. The second kappa shape index (κ2) is 10.7. The third-order valence-electron chi connectivity index (χ3n) is 6.26. The predicted octanol–water partition coefficient (Wildman–Crippen LogP) is 6.60. The van der Waals surface area contributed by atoms with Crippen molar-refractivity contribution in [2.45, 2.75) is 52.2 Å². The van der Waals surface area contributed by atoms with Crippen molar-refractivity contribution < 1.29 is 19.0 Å². The first-order valence-electron chi connectivity index (χ1n) is 12.4. The Morgan fingerprint density at radius 1 is 1.23 bits per heavy atom. The molecule has 3 aromatic rings. The lowest BCUT2D eigenvalue weighted by Gasteiger charge is -2.26. The zero-order valence-corrected chi connectivity index (χ0v) is 23.9. The molecule has 0 aliphatic carbocycles. The number of halogens is 1. The van der Waals surface area contributed by atoms with Crippen LogP contribution in [0.3, 0.4) is 0 Å². The van der Waals surface area contributed by atoms with Crippen LogP contribution in [0.2, 0.25) is 5.02 Å². The van der Waals surface area contributed by atoms with Gasteiger partial charge in [-0.25, -0.2) is 14.8 Å². The normalized spacial score (nSPS) is 14.0. The van der Waals surface area contributed by atoms with Crippen molar-refractivity contribution in [3.8, 4) is 23.1 Å². The summed E-state index contributed by atoms with van der Waals surface area (Å²) in [5.74, 6) is 0.892. The van der Waals surface area contributed by atoms with Crippen LogP contribution in [0.4, 0.5) is 22.1 Å². The van der Waals surface area contributed by atoms with Gasteiger partial charge in [0, 0.05) is 41.4 Å². The van der Waals surface area contributed by atoms with Gasteiger partial charge >= 0.3 is 6.09 Å². The van der Waals surface area contributed by atoms with E-state index in [1.165, 1.54) is 0 Å². The first kappa shape index (κ1) is 28.1. The molecule has 0 atom stereocenters. The second-order valence-corrected chi connectivity index (χ2v) is 11.4. The van der Waals surface area contributed by atoms with Crippen LogP contribution in [-0.4, -0.2) is 42.4 Å². The van der Waals surface area contributed by atoms with Crippen molar-refractivity contribution in [2.24, 2.45) is 0 Å². The molecule has 1 aliphatic heterocycles. The number of nitrogens with one attached hydrogen (secondary N) is 1. The Balaban J connectivity index is 1.72. The largest absolute Gasteiger partial charge is 0.495 e. The molecule has 204 valence electrons. The number of nitrogens with zero attached hydrogens (tertiary/aromatic N) is 4. The number of carbonyl (C=O) groups excluding carboxylic acids is 1. The molecule has 0 fully saturated rings. The topological polar surface area (TPSA) is 110 Å². The van der Waals surface area contributed by atoms with Gasteiger partial charge in [-0.2, -0.15) is 5.26 Å². The highest BCUT2D eigenvalue weighted by Crippen LogP contribution is 2.45. The van der Waals surface area contributed by atoms with Crippen LogP contribution in [-0.2, 0) is 21.5 Å². The van der Waals surface area contributed by atoms with Crippen molar-refractivity contribution in [1.29, 1.82) is 5.26 Å². The Morgan fingerprint density at radius 3 is 2.62 bits per heavy atom. The smallest absolute Gasteiger partial charge is 0.414 e. The maximum atomic E-state index is 13.0. The third-order valence-corrected chi connectivity index (χ3v) is 6.61. The van der Waals surface area contributed by atoms with Crippen molar-refractivity contribution in [3.63, 3.8) is 0 Å². The van der Waals surface area contributed by atoms with Crippen LogP contribution < -0.4 is 15.0 Å². The molecule has 1 aliphatic rings. The van der Waals surface area contributed by atoms with Gasteiger partial charge in [0.1, 0.15) is 17.4 Å². The SMILES string of the molecule is COCc1cc(OC)c(Nc2nccc(-c3cc(C#N)c4c(c3)C(C)(C)CN4C(=O)OC(C)(C)C)n2)cc1Cl. The maximum absolute atomic E-state index is 13.0. The molecule has 0 saturated carbocycles. The Bertz CT molecular complexity index is 1460. The monoisotopic (exact) mass is 549 g/mol. The zero-order valence-electron chi connectivity index (χ0n) is 23.2. The Kier molecular flexibility index (Phi) is 7.73. The first-order valence-corrected chi connectivity index (χ1v) is 12.8. The molecule has 1 N–H and O–H groups in total. The molecule has 0 bridgehead atoms. The number of methoxy groups -OCH3 is 2. The van der Waals surface area contributed by atoms with Gasteiger partial charge in [0.15, 0.2) is 0 Å². The van der Waals surface area contributed by atoms with Crippen LogP contribution in [0.15, 0.2) is 36.5 Å². The summed E-state index contributed by atoms with van der Waals surface area (Å²) in [6.45, 7) is 10.3. The average Bonchev–Trinajstić information content (AvgIpc) is 3.15. The Labute approximate surface area is 233 Å². The number of anilines is 3. The maximum Gasteiger partial charge on any atom is 0.414 e. The van der Waals surface area contributed by atoms with E-state index in [-0.39, 0.29) is 0 Å². The summed E-state index contributed by atoms with van der Waals surface area (Å²) in [7, 11) is 3.17. The number of hydrogen-bond acceptors (Lipinski definition) is 8. The Morgan fingerprint density at radius 2 is 1.97 bits per heavy atom. The minimum absolute atomic E-state index is 0.329. The molecule has 0 radical (unpaired) electrons. The van der Waals surface area contributed by atoms with E-state index in [2.05, 4.69) is 16.4 Å². The van der Waals surface area contributed by atoms with Gasteiger partial charge in [-0.15, -0.1) is 0 Å². The van der Waals surface area contributed by atoms with Crippen LogP contribution in [0, 0.1) is 11.3 Å². The standard InChI is InChI=1S/C29H32ClN5O4/c1-28(2,3)39-27(36)35-16-29(4,5)20-11-17(10-18(14-31)25(20)35)22-8-9-32-26(33-22)34-23-13-21(30)19(15-37-6)12-24(23)38-7/h8-13H,15-16H2,1-7H3,(H,32,33,34). The summed E-state index contributed by atoms with van der Waals surface area (Å²) in [4.78, 5) is 23.6. The highest BCUT2D eigenvalue weighted by molar-refractivity contribution is 6.31. The van der Waals surface area contributed by atoms with Gasteiger partial charge in [0.2, 0.25) is 5.95 Å². The van der Waals surface area contributed by atoms with Gasteiger partial charge in [-0.1, -0.05) is 25.4 Å². The molecule has 2 aromatic carbocycles. The fraction of sp³-hybridized carbons (Fsp3) is 0.379. The number of carbonyl (C=O) groups is 1. The van der Waals surface area contributed by atoms with Gasteiger partial charge in [0.05, 0.1) is 36.3 Å². The molecule has 1 aromatic heterocycles. The van der Waals surface area contributed by atoms with Crippen LogP contribution >= 0.6 is 11.6 Å². The lowest BCUT2D eigenvalue weighted by Crippen LogP contribution is -2.38. The van der Waals surface area contributed by atoms with E-state index >= 15 is 0 Å². The predicted molar refractivity (Wildman–Crippen MR) is 151 cm³/mol. The summed E-state index contributed by atoms with van der Waals surface area (Å²) in [5.41, 5.74) is 3.49. The van der Waals surface area contributed by atoms with E-state index in [9.17, 15) is 10.1 Å². The molecule has 9 nitrogen and oxygen atoms in total. The molecule has 10 heteroatoms. The van der Waals surface area contributed by atoms with Crippen molar-refractivity contribution in [1.82, 2.24) is 9.97 Å². The van der Waals surface area contributed by atoms with E-state index in [1.807, 2.05) is 40.7 Å². The molecule has 2 heterocycles. The molecular formula is C29H32ClN5O4. The van der Waals surface area contributed by atoms with Gasteiger partial charge < -0.3 is 19.5 Å². The average molecular weight is 550 g/mol. The molecule has 1 amide bonds. The quantitative estimate of drug-likeness (QED) is 0.366. The molecule has 0 unspecified atom stereocenters. The molecule has 0 spiro atoms. The van der Waals surface area contributed by atoms with Crippen molar-refractivity contribution in [3.05, 3.63) is 58.2 Å². The van der Waals surface area contributed by atoms with Crippen molar-refractivity contribution >= 4 is 35.0 Å². The highest BCUT2D eigenvalue weighted by atomic mass is 35.5. The summed E-state index contributed by atoms with van der Waals surface area (Å²) >= 11 is 6.43. The van der Waals surface area contributed by atoms with Crippen LogP contribution in [0.5, 0.6) is 5.75 Å². The molecule has 39 heavy (non-hydrogen) atoms. The Hall–Kier alpha value is -3.87. The number of hydrogen-bond donors (Lipinski definition) is 1. The summed E-state index contributed by atoms with van der Waals surface area (Å²) < 4.78 is 16.4. The van der Waals surface area contributed by atoms with Crippen LogP contribution in [0.1, 0.15) is 51.3 Å². The number of ether oxygens (including phenoxy) is 3.